The molecule has 0 bridgehead atoms. The molecule has 2 aliphatic heterocycles. The molecule has 0 saturated carbocycles. The number of H-pyrrole nitrogens is 1. The van der Waals surface area contributed by atoms with Crippen LogP contribution in [0.4, 0.5) is 9.80 Å². The highest BCUT2D eigenvalue weighted by atomic mass is 28.4. The zero-order valence-electron chi connectivity index (χ0n) is 29.4. The van der Waals surface area contributed by atoms with Gasteiger partial charge in [0, 0.05) is 43.1 Å². The summed E-state index contributed by atoms with van der Waals surface area (Å²) >= 11 is 0. The van der Waals surface area contributed by atoms with Gasteiger partial charge in [0.05, 0.1) is 48.5 Å². The molecule has 0 radical (unpaired) electrons. The van der Waals surface area contributed by atoms with E-state index < -0.39 is 31.6 Å². The molecule has 6 rings (SSSR count). The number of halogens is 1. The number of nitrogens with one attached hydrogen (secondary N) is 1. The van der Waals surface area contributed by atoms with Gasteiger partial charge >= 0.3 is 5.97 Å². The van der Waals surface area contributed by atoms with Gasteiger partial charge in [-0.2, -0.15) is 0 Å². The third-order valence-electron chi connectivity index (χ3n) is 10.4. The van der Waals surface area contributed by atoms with Crippen molar-refractivity contribution in [3.8, 4) is 5.69 Å². The Bertz CT molecular complexity index is 1980. The van der Waals surface area contributed by atoms with Gasteiger partial charge in [0.1, 0.15) is 0 Å². The maximum absolute atomic E-state index is 16.5. The summed E-state index contributed by atoms with van der Waals surface area (Å²) in [7, 11) is -2.26. The molecule has 3 heterocycles. The van der Waals surface area contributed by atoms with Gasteiger partial charge in [-0.1, -0.05) is 49.4 Å². The van der Waals surface area contributed by atoms with Crippen molar-refractivity contribution in [1.29, 1.82) is 0 Å². The van der Waals surface area contributed by atoms with E-state index >= 15 is 4.11 Å². The van der Waals surface area contributed by atoms with E-state index in [0.29, 0.717) is 40.7 Å². The van der Waals surface area contributed by atoms with Crippen LogP contribution < -0.4 is 10.5 Å². The number of unbranched alkanes of at least 4 members (excludes halogenated alkanes) is 1. The topological polar surface area (TPSA) is 134 Å². The molecule has 2 aliphatic rings. The molecule has 1 saturated heterocycles. The fraction of sp³-hybridized carbons (Fsp3) is 0.421. The van der Waals surface area contributed by atoms with Crippen LogP contribution in [0.3, 0.4) is 0 Å². The molecule has 2 N–H and O–H groups in total. The van der Waals surface area contributed by atoms with Crippen LogP contribution in [0.2, 0.25) is 18.6 Å². The Morgan fingerprint density at radius 1 is 1.06 bits per heavy atom. The summed E-state index contributed by atoms with van der Waals surface area (Å²) in [5.74, 6) is -1.68. The molecule has 0 unspecified atom stereocenters. The van der Waals surface area contributed by atoms with Crippen molar-refractivity contribution in [3.05, 3.63) is 94.3 Å². The van der Waals surface area contributed by atoms with Gasteiger partial charge in [-0.25, -0.2) is 4.68 Å². The molecule has 51 heavy (non-hydrogen) atoms. The number of hydrogen-bond acceptors (Lipinski definition) is 7. The molecule has 270 valence electrons. The van der Waals surface area contributed by atoms with Crippen LogP contribution in [0, 0.1) is 5.92 Å². The number of anilines is 1. The van der Waals surface area contributed by atoms with E-state index in [-0.39, 0.29) is 62.4 Å². The first-order valence-electron chi connectivity index (χ1n) is 17.4. The lowest BCUT2D eigenvalue weighted by Gasteiger charge is -2.31. The van der Waals surface area contributed by atoms with Crippen molar-refractivity contribution in [1.82, 2.24) is 14.7 Å². The van der Waals surface area contributed by atoms with E-state index in [4.69, 9.17) is 9.47 Å². The number of aromatic nitrogens is 2. The Morgan fingerprint density at radius 2 is 1.78 bits per heavy atom. The minimum Gasteiger partial charge on any atom is -0.469 e. The van der Waals surface area contributed by atoms with E-state index in [1.54, 1.807) is 48.3 Å². The number of fused-ring (bicyclic) bond motifs is 3. The van der Waals surface area contributed by atoms with Crippen LogP contribution in [0.5, 0.6) is 0 Å². The Kier molecular flexibility index (Phi) is 10.3. The van der Waals surface area contributed by atoms with Gasteiger partial charge in [0.25, 0.3) is 11.5 Å². The SMILES string of the molecule is COC(=O)CCCCN1C(=O)[C@]2(O[C@H](CC(=O)N(CCO)Cc3ccccc3)[C@@H]([Si](C)(C)F)[C@@H]2C)c2cc(-n3[nH]c4ccccc4c3=O)ccc21. The number of esters is 1. The van der Waals surface area contributed by atoms with Gasteiger partial charge < -0.3 is 28.5 Å². The zero-order valence-corrected chi connectivity index (χ0v) is 30.4. The minimum absolute atomic E-state index is 0.0893. The number of methoxy groups -OCH3 is 1. The lowest BCUT2D eigenvalue weighted by molar-refractivity contribution is -0.149. The molecule has 0 aliphatic carbocycles. The Balaban J connectivity index is 1.40. The number of nitrogens with zero attached hydrogens (tertiary/aromatic N) is 3. The fourth-order valence-electron chi connectivity index (χ4n) is 8.00. The number of rotatable bonds is 13. The van der Waals surface area contributed by atoms with Crippen molar-refractivity contribution in [2.75, 3.05) is 31.7 Å². The summed E-state index contributed by atoms with van der Waals surface area (Å²) in [5, 5.41) is 13.5. The Morgan fingerprint density at radius 3 is 2.47 bits per heavy atom. The highest BCUT2D eigenvalue weighted by Gasteiger charge is 2.67. The number of para-hydroxylation sites is 1. The molecule has 13 heteroatoms. The summed E-state index contributed by atoms with van der Waals surface area (Å²) < 4.78 is 29.6. The van der Waals surface area contributed by atoms with Crippen molar-refractivity contribution >= 4 is 42.8 Å². The number of carbonyl (C=O) groups excluding carboxylic acids is 3. The van der Waals surface area contributed by atoms with E-state index in [0.717, 1.165) is 5.56 Å². The summed E-state index contributed by atoms with van der Waals surface area (Å²) in [6.07, 6.45) is 0.0915. The quantitative estimate of drug-likeness (QED) is 0.0842. The standard InChI is InChI=1S/C38H45FN4O7Si/c1-25-35(51(3,4)39)32(23-33(45)41(20-21-44)24-26-12-6-5-7-13-26)50-38(25)29-22-27(43-36(47)28-14-8-9-15-30(28)40-43)17-18-31(29)42(37(38)48)19-11-10-16-34(46)49-2/h5-9,12-15,17-18,22,25,32,35,40,44H,10-11,16,19-21,23-24H2,1-4H3/t25-,32+,35-,38+/m0/s1. The summed E-state index contributed by atoms with van der Waals surface area (Å²) in [6, 6.07) is 21.9. The molecule has 11 nitrogen and oxygen atoms in total. The van der Waals surface area contributed by atoms with E-state index in [2.05, 4.69) is 5.10 Å². The smallest absolute Gasteiger partial charge is 0.305 e. The van der Waals surface area contributed by atoms with Crippen LogP contribution >= 0.6 is 0 Å². The first kappa shape index (κ1) is 36.2. The average Bonchev–Trinajstić information content (AvgIpc) is 3.69. The lowest BCUT2D eigenvalue weighted by Crippen LogP contribution is -2.45. The average molecular weight is 717 g/mol. The number of benzene rings is 3. The largest absolute Gasteiger partial charge is 0.469 e. The van der Waals surface area contributed by atoms with E-state index in [1.807, 2.05) is 49.4 Å². The van der Waals surface area contributed by atoms with Crippen LogP contribution in [0.1, 0.15) is 43.7 Å². The second-order valence-electron chi connectivity index (χ2n) is 14.0. The van der Waals surface area contributed by atoms with Crippen molar-refractivity contribution in [2.24, 2.45) is 5.92 Å². The maximum atomic E-state index is 16.5. The molecule has 1 aromatic heterocycles. The molecular formula is C38H45FN4O7Si. The first-order chi connectivity index (χ1) is 24.4. The highest BCUT2D eigenvalue weighted by molar-refractivity contribution is 6.72. The summed E-state index contributed by atoms with van der Waals surface area (Å²) in [6.45, 7) is 5.36. The van der Waals surface area contributed by atoms with Gasteiger partial charge in [0.2, 0.25) is 14.3 Å². The minimum atomic E-state index is -3.60. The van der Waals surface area contributed by atoms with Crippen LogP contribution in [0.15, 0.2) is 77.6 Å². The molecule has 3 aromatic carbocycles. The van der Waals surface area contributed by atoms with Gasteiger partial charge in [-0.3, -0.25) is 24.3 Å². The number of amides is 2. The molecule has 1 fully saturated rings. The lowest BCUT2D eigenvalue weighted by atomic mass is 9.82. The Hall–Kier alpha value is -4.59. The number of aliphatic hydroxyl groups excluding tert-OH is 1. The van der Waals surface area contributed by atoms with Crippen LogP contribution in [-0.4, -0.2) is 78.9 Å². The third-order valence-corrected chi connectivity index (χ3v) is 12.8. The maximum Gasteiger partial charge on any atom is 0.305 e. The fourth-order valence-corrected chi connectivity index (χ4v) is 10.5. The van der Waals surface area contributed by atoms with Crippen molar-refractivity contribution < 1.29 is 33.1 Å². The van der Waals surface area contributed by atoms with Crippen LogP contribution in [-0.2, 0) is 36.0 Å². The number of aromatic amines is 1. The highest BCUT2D eigenvalue weighted by Crippen LogP contribution is 2.60. The summed E-state index contributed by atoms with van der Waals surface area (Å²) in [5.41, 5.74) is 0.480. The van der Waals surface area contributed by atoms with Gasteiger partial charge in [-0.15, -0.1) is 0 Å². The molecule has 1 spiro atoms. The monoisotopic (exact) mass is 716 g/mol. The molecule has 4 aromatic rings. The van der Waals surface area contributed by atoms with E-state index in [9.17, 15) is 24.3 Å². The first-order valence-corrected chi connectivity index (χ1v) is 20.4. The predicted octanol–water partition coefficient (Wildman–Crippen LogP) is 5.19. The number of aliphatic hydroxyl groups is 1. The van der Waals surface area contributed by atoms with Gasteiger partial charge in [0.15, 0.2) is 5.60 Å². The van der Waals surface area contributed by atoms with Crippen molar-refractivity contribution in [3.63, 3.8) is 0 Å². The number of ether oxygens (including phenoxy) is 2. The predicted molar refractivity (Wildman–Crippen MR) is 194 cm³/mol. The number of hydrogen-bond donors (Lipinski definition) is 2. The second-order valence-corrected chi connectivity index (χ2v) is 17.8. The second kappa shape index (κ2) is 14.6. The van der Waals surface area contributed by atoms with E-state index in [1.165, 1.54) is 16.7 Å². The zero-order chi connectivity index (χ0) is 36.5. The molecule has 2 amide bonds. The molecular weight excluding hydrogens is 672 g/mol. The van der Waals surface area contributed by atoms with Crippen molar-refractivity contribution in [2.45, 2.75) is 69.5 Å². The summed E-state index contributed by atoms with van der Waals surface area (Å²) in [4.78, 5) is 57.2. The normalized spacial score (nSPS) is 21.4. The van der Waals surface area contributed by atoms with Crippen LogP contribution in [0.25, 0.3) is 16.6 Å². The van der Waals surface area contributed by atoms with Gasteiger partial charge in [-0.05, 0) is 61.8 Å². The Labute approximate surface area is 297 Å². The molecule has 4 atom stereocenters. The third kappa shape index (κ3) is 6.77. The number of carbonyl (C=O) groups is 3.